The molecule has 0 unspecified atom stereocenters. The first-order chi connectivity index (χ1) is 10.0. The Bertz CT molecular complexity index is 556. The summed E-state index contributed by atoms with van der Waals surface area (Å²) in [7, 11) is 0. The molecule has 2 rings (SSSR count). The zero-order valence-corrected chi connectivity index (χ0v) is 12.7. The summed E-state index contributed by atoms with van der Waals surface area (Å²) in [6, 6.07) is 15.9. The van der Waals surface area contributed by atoms with Gasteiger partial charge in [-0.3, -0.25) is 10.1 Å². The number of hydrogen-bond donors (Lipinski definition) is 0. The minimum Gasteiger partial charge on any atom is -0.482 e. The van der Waals surface area contributed by atoms with Gasteiger partial charge in [-0.05, 0) is 11.6 Å². The Hall–Kier alpha value is -2.30. The summed E-state index contributed by atoms with van der Waals surface area (Å²) < 4.78 is 5.44. The summed E-state index contributed by atoms with van der Waals surface area (Å²) in [6.07, 6.45) is 0. The second-order valence-corrected chi connectivity index (χ2v) is 5.23. The van der Waals surface area contributed by atoms with Crippen LogP contribution in [0.4, 0.5) is 5.69 Å². The smallest absolute Gasteiger partial charge is 0.310 e. The van der Waals surface area contributed by atoms with Gasteiger partial charge in [0.05, 0.1) is 4.92 Å². The molecule has 0 amide bonds. The van der Waals surface area contributed by atoms with E-state index in [-0.39, 0.29) is 5.69 Å². The van der Waals surface area contributed by atoms with E-state index < -0.39 is 4.92 Å². The standard InChI is InChI=1S/C13H11NO3.C3H9B/c15-14(16)12-8-4-5-9-13(12)17-10-11-6-2-1-3-7-11;1-4(2)3/h1-9H,10H2;1-3H3. The quantitative estimate of drug-likeness (QED) is 0.470. The van der Waals surface area contributed by atoms with Gasteiger partial charge in [-0.2, -0.15) is 0 Å². The van der Waals surface area contributed by atoms with E-state index >= 15 is 0 Å². The topological polar surface area (TPSA) is 52.4 Å². The molecule has 2 aromatic rings. The van der Waals surface area contributed by atoms with E-state index in [1.165, 1.54) is 6.07 Å². The SMILES string of the molecule is CB(C)C.O=[N+]([O-])c1ccccc1OCc1ccccc1. The van der Waals surface area contributed by atoms with Gasteiger partial charge in [-0.15, -0.1) is 0 Å². The molecular weight excluding hydrogens is 265 g/mol. The van der Waals surface area contributed by atoms with Crippen molar-refractivity contribution in [2.24, 2.45) is 0 Å². The molecule has 0 N–H and O–H groups in total. The second kappa shape index (κ2) is 8.79. The number of nitro groups is 1. The van der Waals surface area contributed by atoms with Crippen LogP contribution in [0.25, 0.3) is 0 Å². The summed E-state index contributed by atoms with van der Waals surface area (Å²) in [5.41, 5.74) is 0.967. The van der Waals surface area contributed by atoms with Gasteiger partial charge in [-0.1, -0.05) is 62.9 Å². The zero-order chi connectivity index (χ0) is 15.7. The van der Waals surface area contributed by atoms with Crippen LogP contribution in [0.15, 0.2) is 54.6 Å². The molecule has 0 atom stereocenters. The van der Waals surface area contributed by atoms with Crippen molar-refractivity contribution in [3.8, 4) is 5.75 Å². The third-order valence-electron chi connectivity index (χ3n) is 2.30. The van der Waals surface area contributed by atoms with E-state index in [9.17, 15) is 10.1 Å². The van der Waals surface area contributed by atoms with Crippen LogP contribution in [0, 0.1) is 10.1 Å². The van der Waals surface area contributed by atoms with Crippen LogP contribution in [0.5, 0.6) is 5.75 Å². The molecule has 0 fully saturated rings. The molecule has 0 aliphatic rings. The second-order valence-electron chi connectivity index (χ2n) is 5.23. The summed E-state index contributed by atoms with van der Waals surface area (Å²) in [5, 5.41) is 10.8. The summed E-state index contributed by atoms with van der Waals surface area (Å²) in [6.45, 7) is 7.66. The molecule has 0 heterocycles. The Morgan fingerprint density at radius 1 is 1.00 bits per heavy atom. The van der Waals surface area contributed by atoms with E-state index in [0.29, 0.717) is 12.4 Å². The lowest BCUT2D eigenvalue weighted by Crippen LogP contribution is -1.98. The van der Waals surface area contributed by atoms with Gasteiger partial charge in [-0.25, -0.2) is 0 Å². The first-order valence-electron chi connectivity index (χ1n) is 6.91. The highest BCUT2D eigenvalue weighted by molar-refractivity contribution is 6.54. The van der Waals surface area contributed by atoms with Crippen LogP contribution >= 0.6 is 0 Å². The average Bonchev–Trinajstić information content (AvgIpc) is 2.46. The number of benzene rings is 2. The molecular formula is C16H20BNO3. The Labute approximate surface area is 126 Å². The number of rotatable bonds is 4. The number of nitrogens with zero attached hydrogens (tertiary/aromatic N) is 1. The van der Waals surface area contributed by atoms with E-state index in [0.717, 1.165) is 12.3 Å². The molecule has 21 heavy (non-hydrogen) atoms. The first-order valence-corrected chi connectivity index (χ1v) is 6.91. The zero-order valence-electron chi connectivity index (χ0n) is 12.7. The molecule has 0 aliphatic heterocycles. The first kappa shape index (κ1) is 16.8. The van der Waals surface area contributed by atoms with Crippen molar-refractivity contribution in [3.05, 3.63) is 70.3 Å². The average molecular weight is 285 g/mol. The maximum absolute atomic E-state index is 10.8. The van der Waals surface area contributed by atoms with Gasteiger partial charge in [0.2, 0.25) is 0 Å². The number of ether oxygens (including phenoxy) is 1. The fourth-order valence-corrected chi connectivity index (χ4v) is 1.47. The largest absolute Gasteiger partial charge is 0.482 e. The number of hydrogen-bond acceptors (Lipinski definition) is 3. The molecule has 0 aliphatic carbocycles. The van der Waals surface area contributed by atoms with E-state index in [1.54, 1.807) is 18.2 Å². The molecule has 4 nitrogen and oxygen atoms in total. The van der Waals surface area contributed by atoms with Gasteiger partial charge in [0.15, 0.2) is 5.75 Å². The molecule has 0 saturated carbocycles. The fourth-order valence-electron chi connectivity index (χ4n) is 1.47. The van der Waals surface area contributed by atoms with Crippen molar-refractivity contribution >= 4 is 12.4 Å². The van der Waals surface area contributed by atoms with Crippen LogP contribution in [0.3, 0.4) is 0 Å². The maximum atomic E-state index is 10.8. The lowest BCUT2D eigenvalue weighted by Gasteiger charge is -2.06. The monoisotopic (exact) mass is 285 g/mol. The number of nitro benzene ring substituents is 1. The Morgan fingerprint density at radius 3 is 2.10 bits per heavy atom. The van der Waals surface area contributed by atoms with Crippen LogP contribution in [-0.4, -0.2) is 11.6 Å². The van der Waals surface area contributed by atoms with Crippen molar-refractivity contribution in [1.29, 1.82) is 0 Å². The highest BCUT2D eigenvalue weighted by Crippen LogP contribution is 2.26. The van der Waals surface area contributed by atoms with E-state index in [2.05, 4.69) is 20.5 Å². The molecule has 2 aromatic carbocycles. The van der Waals surface area contributed by atoms with Crippen molar-refractivity contribution in [2.75, 3.05) is 0 Å². The van der Waals surface area contributed by atoms with Crippen LogP contribution < -0.4 is 4.74 Å². The molecule has 0 aromatic heterocycles. The van der Waals surface area contributed by atoms with E-state index in [1.807, 2.05) is 30.3 Å². The third-order valence-corrected chi connectivity index (χ3v) is 2.30. The summed E-state index contributed by atoms with van der Waals surface area (Å²) in [4.78, 5) is 10.3. The molecule has 0 saturated heterocycles. The van der Waals surface area contributed by atoms with Crippen LogP contribution in [-0.2, 0) is 6.61 Å². The minimum atomic E-state index is -0.444. The van der Waals surface area contributed by atoms with Crippen molar-refractivity contribution in [2.45, 2.75) is 27.1 Å². The predicted octanol–water partition coefficient (Wildman–Crippen LogP) is 4.54. The molecule has 0 radical (unpaired) electrons. The van der Waals surface area contributed by atoms with Gasteiger partial charge >= 0.3 is 5.69 Å². The highest BCUT2D eigenvalue weighted by Gasteiger charge is 2.13. The molecule has 0 spiro atoms. The van der Waals surface area contributed by atoms with Gasteiger partial charge in [0, 0.05) is 6.07 Å². The molecule has 5 heteroatoms. The molecule has 0 bridgehead atoms. The van der Waals surface area contributed by atoms with Crippen molar-refractivity contribution < 1.29 is 9.66 Å². The highest BCUT2D eigenvalue weighted by atomic mass is 16.6. The predicted molar refractivity (Wildman–Crippen MR) is 87.2 cm³/mol. The molecule has 110 valence electrons. The maximum Gasteiger partial charge on any atom is 0.310 e. The van der Waals surface area contributed by atoms with Gasteiger partial charge < -0.3 is 4.74 Å². The van der Waals surface area contributed by atoms with Crippen LogP contribution in [0.2, 0.25) is 20.5 Å². The normalized spacial score (nSPS) is 9.29. The lowest BCUT2D eigenvalue weighted by atomic mass is 9.58. The minimum absolute atomic E-state index is 0.0107. The Kier molecular flexibility index (Phi) is 7.02. The van der Waals surface area contributed by atoms with Crippen LogP contribution in [0.1, 0.15) is 5.56 Å². The fraction of sp³-hybridized carbons (Fsp3) is 0.250. The Balaban J connectivity index is 0.000000491. The van der Waals surface area contributed by atoms with Crippen molar-refractivity contribution in [3.63, 3.8) is 0 Å². The lowest BCUT2D eigenvalue weighted by molar-refractivity contribution is -0.385. The van der Waals surface area contributed by atoms with Gasteiger partial charge in [0.25, 0.3) is 0 Å². The summed E-state index contributed by atoms with van der Waals surface area (Å²) >= 11 is 0. The Morgan fingerprint density at radius 2 is 1.52 bits per heavy atom. The van der Waals surface area contributed by atoms with Crippen molar-refractivity contribution in [1.82, 2.24) is 0 Å². The number of para-hydroxylation sites is 2. The summed E-state index contributed by atoms with van der Waals surface area (Å²) in [5.74, 6) is 0.293. The third kappa shape index (κ3) is 6.61. The van der Waals surface area contributed by atoms with Gasteiger partial charge in [0.1, 0.15) is 13.3 Å². The van der Waals surface area contributed by atoms with E-state index in [4.69, 9.17) is 4.74 Å².